The third kappa shape index (κ3) is 3.42. The molecule has 5 nitrogen and oxygen atoms in total. The Morgan fingerprint density at radius 3 is 2.41 bits per heavy atom. The fourth-order valence-electron chi connectivity index (χ4n) is 1.76. The van der Waals surface area contributed by atoms with Crippen LogP contribution < -0.4 is 5.73 Å². The van der Waals surface area contributed by atoms with Crippen molar-refractivity contribution < 1.29 is 9.90 Å². The van der Waals surface area contributed by atoms with Gasteiger partial charge in [-0.1, -0.05) is 0 Å². The second-order valence-corrected chi connectivity index (χ2v) is 5.44. The van der Waals surface area contributed by atoms with E-state index in [1.807, 2.05) is 0 Å². The van der Waals surface area contributed by atoms with Crippen LogP contribution in [0.3, 0.4) is 0 Å². The highest BCUT2D eigenvalue weighted by Crippen LogP contribution is 2.46. The molecule has 1 heterocycles. The van der Waals surface area contributed by atoms with Crippen molar-refractivity contribution in [1.82, 2.24) is 4.90 Å². The molecule has 96 valence electrons. The van der Waals surface area contributed by atoms with Crippen LogP contribution in [0.4, 0.5) is 0 Å². The zero-order valence-electron chi connectivity index (χ0n) is 10.6. The highest BCUT2D eigenvalue weighted by molar-refractivity contribution is 5.52. The van der Waals surface area contributed by atoms with Crippen LogP contribution in [0.5, 0.6) is 0 Å². The Morgan fingerprint density at radius 1 is 1.59 bits per heavy atom. The van der Waals surface area contributed by atoms with E-state index >= 15 is 0 Å². The number of nitrogens with two attached hydrogens (primary N) is 1. The van der Waals surface area contributed by atoms with Crippen LogP contribution in [-0.4, -0.2) is 40.1 Å². The average molecular weight is 239 g/mol. The highest BCUT2D eigenvalue weighted by Gasteiger charge is 2.51. The number of carbonyl (C=O) groups excluding carboxylic acids is 1. The largest absolute Gasteiger partial charge is 0.389 e. The second kappa shape index (κ2) is 5.03. The molecular weight excluding hydrogens is 218 g/mol. The number of hydrogen-bond donors (Lipinski definition) is 2. The lowest BCUT2D eigenvalue weighted by Gasteiger charge is -2.20. The fourth-order valence-corrected chi connectivity index (χ4v) is 1.76. The summed E-state index contributed by atoms with van der Waals surface area (Å²) in [6.45, 7) is 5.16. The molecule has 1 amide bonds. The van der Waals surface area contributed by atoms with E-state index in [2.05, 4.69) is 6.07 Å². The molecule has 5 heteroatoms. The van der Waals surface area contributed by atoms with Crippen molar-refractivity contribution >= 4 is 6.41 Å². The second-order valence-electron chi connectivity index (χ2n) is 5.44. The molecule has 1 saturated heterocycles. The maximum atomic E-state index is 10.4. The van der Waals surface area contributed by atoms with Gasteiger partial charge in [0.25, 0.3) is 0 Å². The molecule has 17 heavy (non-hydrogen) atoms. The lowest BCUT2D eigenvalue weighted by molar-refractivity contribution is -0.118. The van der Waals surface area contributed by atoms with E-state index in [4.69, 9.17) is 16.1 Å². The lowest BCUT2D eigenvalue weighted by atomic mass is 10.0. The molecule has 0 aromatic heterocycles. The summed E-state index contributed by atoms with van der Waals surface area (Å²) in [5.74, 6) is 0.648. The molecule has 0 aromatic carbocycles. The van der Waals surface area contributed by atoms with Crippen LogP contribution in [0.15, 0.2) is 0 Å². The first kappa shape index (κ1) is 13.9. The first-order chi connectivity index (χ1) is 7.81. The van der Waals surface area contributed by atoms with Crippen molar-refractivity contribution in [2.45, 2.75) is 57.3 Å². The van der Waals surface area contributed by atoms with Gasteiger partial charge in [-0.05, 0) is 39.5 Å². The topological polar surface area (TPSA) is 90.3 Å². The highest BCUT2D eigenvalue weighted by atomic mass is 16.3. The van der Waals surface area contributed by atoms with E-state index in [0.717, 1.165) is 19.3 Å². The van der Waals surface area contributed by atoms with Gasteiger partial charge in [-0.15, -0.1) is 0 Å². The predicted molar refractivity (Wildman–Crippen MR) is 63.8 cm³/mol. The first-order valence-electron chi connectivity index (χ1n) is 5.91. The summed E-state index contributed by atoms with van der Waals surface area (Å²) in [6.07, 6.45) is 2.84. The Labute approximate surface area is 102 Å². The van der Waals surface area contributed by atoms with E-state index < -0.39 is 5.60 Å². The van der Waals surface area contributed by atoms with Gasteiger partial charge in [0.2, 0.25) is 6.41 Å². The van der Waals surface area contributed by atoms with Gasteiger partial charge in [0.1, 0.15) is 6.04 Å². The van der Waals surface area contributed by atoms with Gasteiger partial charge in [-0.3, -0.25) is 4.79 Å². The van der Waals surface area contributed by atoms with Crippen molar-refractivity contribution in [2.75, 3.05) is 0 Å². The maximum Gasteiger partial charge on any atom is 0.211 e. The molecule has 0 bridgehead atoms. The van der Waals surface area contributed by atoms with Gasteiger partial charge in [-0.2, -0.15) is 5.26 Å². The average Bonchev–Trinajstić information content (AvgIpc) is 2.90. The van der Waals surface area contributed by atoms with Gasteiger partial charge in [-0.25, -0.2) is 0 Å². The molecule has 1 aliphatic carbocycles. The Balaban J connectivity index is 0.000000185. The van der Waals surface area contributed by atoms with E-state index in [0.29, 0.717) is 12.0 Å². The number of rotatable bonds is 2. The normalized spacial score (nSPS) is 31.8. The number of carbonyl (C=O) groups is 1. The molecular formula is C12H21N3O2. The third-order valence-electron chi connectivity index (χ3n) is 3.54. The van der Waals surface area contributed by atoms with Crippen molar-refractivity contribution in [1.29, 1.82) is 5.26 Å². The minimum atomic E-state index is -0.722. The van der Waals surface area contributed by atoms with Crippen LogP contribution in [-0.2, 0) is 4.79 Å². The Kier molecular flexibility index (Phi) is 4.12. The van der Waals surface area contributed by atoms with Crippen molar-refractivity contribution in [3.05, 3.63) is 0 Å². The SMILES string of the molecule is CC(N)C(C)(C)O.N#CC1CC2CC2N1C=O. The number of hydrogen-bond acceptors (Lipinski definition) is 4. The zero-order chi connectivity index (χ0) is 13.2. The molecule has 3 N–H and O–H groups in total. The van der Waals surface area contributed by atoms with Crippen LogP contribution in [0.2, 0.25) is 0 Å². The Bertz CT molecular complexity index is 317. The molecule has 2 aliphatic rings. The monoisotopic (exact) mass is 239 g/mol. The molecule has 2 rings (SSSR count). The summed E-state index contributed by atoms with van der Waals surface area (Å²) >= 11 is 0. The van der Waals surface area contributed by atoms with Crippen LogP contribution in [0.1, 0.15) is 33.6 Å². The number of nitrogens with zero attached hydrogens (tertiary/aromatic N) is 2. The summed E-state index contributed by atoms with van der Waals surface area (Å²) in [4.78, 5) is 12.0. The Morgan fingerprint density at radius 2 is 2.12 bits per heavy atom. The summed E-state index contributed by atoms with van der Waals surface area (Å²) in [7, 11) is 0. The fraction of sp³-hybridized carbons (Fsp3) is 0.833. The van der Waals surface area contributed by atoms with Gasteiger partial charge in [0.05, 0.1) is 11.7 Å². The molecule has 4 atom stereocenters. The predicted octanol–water partition coefficient (Wildman–Crippen LogP) is 0.234. The van der Waals surface area contributed by atoms with Crippen LogP contribution >= 0.6 is 0 Å². The quantitative estimate of drug-likeness (QED) is 0.675. The van der Waals surface area contributed by atoms with E-state index in [1.54, 1.807) is 25.7 Å². The van der Waals surface area contributed by atoms with E-state index in [9.17, 15) is 4.79 Å². The third-order valence-corrected chi connectivity index (χ3v) is 3.54. The van der Waals surface area contributed by atoms with Gasteiger partial charge < -0.3 is 15.7 Å². The van der Waals surface area contributed by atoms with Gasteiger partial charge in [0, 0.05) is 12.1 Å². The van der Waals surface area contributed by atoms with Crippen molar-refractivity contribution in [2.24, 2.45) is 11.7 Å². The van der Waals surface area contributed by atoms with Crippen LogP contribution in [0, 0.1) is 17.2 Å². The number of aliphatic hydroxyl groups is 1. The molecule has 4 unspecified atom stereocenters. The maximum absolute atomic E-state index is 10.4. The summed E-state index contributed by atoms with van der Waals surface area (Å²) in [6, 6.07) is 2.27. The molecule has 0 radical (unpaired) electrons. The first-order valence-corrected chi connectivity index (χ1v) is 5.91. The Hall–Kier alpha value is -1.12. The lowest BCUT2D eigenvalue weighted by Crippen LogP contribution is -2.40. The molecule has 1 saturated carbocycles. The van der Waals surface area contributed by atoms with Crippen molar-refractivity contribution in [3.63, 3.8) is 0 Å². The number of nitriles is 1. The summed E-state index contributed by atoms with van der Waals surface area (Å²) in [5.41, 5.74) is 4.60. The van der Waals surface area contributed by atoms with Gasteiger partial charge >= 0.3 is 0 Å². The minimum absolute atomic E-state index is 0.124. The van der Waals surface area contributed by atoms with E-state index in [-0.39, 0.29) is 12.1 Å². The summed E-state index contributed by atoms with van der Waals surface area (Å²) < 4.78 is 0. The standard InChI is InChI=1S/C7H8N2O.C5H13NO/c8-3-6-1-5-2-7(5)9(6)4-10;1-4(6)5(2,3)7/h4-7H,1-2H2;4,7H,6H2,1-3H3. The molecule has 1 aliphatic heterocycles. The number of piperidine rings is 1. The van der Waals surface area contributed by atoms with Gasteiger partial charge in [0.15, 0.2) is 0 Å². The minimum Gasteiger partial charge on any atom is -0.389 e. The van der Waals surface area contributed by atoms with Crippen molar-refractivity contribution in [3.8, 4) is 6.07 Å². The van der Waals surface area contributed by atoms with Crippen LogP contribution in [0.25, 0.3) is 0 Å². The zero-order valence-corrected chi connectivity index (χ0v) is 10.6. The molecule has 2 fully saturated rings. The number of fused-ring (bicyclic) bond motifs is 1. The molecule has 0 aromatic rings. The number of likely N-dealkylation sites (tertiary alicyclic amines) is 1. The molecule has 0 spiro atoms. The van der Waals surface area contributed by atoms with E-state index in [1.165, 1.54) is 0 Å². The smallest absolute Gasteiger partial charge is 0.211 e. The number of amides is 1. The summed E-state index contributed by atoms with van der Waals surface area (Å²) in [5, 5.41) is 17.5.